The average Bonchev–Trinajstić information content (AvgIpc) is 2.83. The Bertz CT molecular complexity index is 636. The van der Waals surface area contributed by atoms with Gasteiger partial charge in [0.15, 0.2) is 12.5 Å². The standard InChI is InChI=1S/C11H7Cl2F2N3O2/c12-6-2-1-3-16-11(6)18-7(10(13)19)4-9(17-18)20-8(15)5-14/h1-4,8H,5H2. The lowest BCUT2D eigenvalue weighted by Gasteiger charge is -2.05. The number of carbonyl (C=O) groups is 1. The summed E-state index contributed by atoms with van der Waals surface area (Å²) in [4.78, 5) is 15.3. The van der Waals surface area contributed by atoms with Gasteiger partial charge in [-0.15, -0.1) is 5.10 Å². The molecule has 0 amide bonds. The van der Waals surface area contributed by atoms with Crippen LogP contribution in [-0.4, -0.2) is 33.0 Å². The van der Waals surface area contributed by atoms with Crippen molar-refractivity contribution in [3.05, 3.63) is 35.1 Å². The highest BCUT2D eigenvalue weighted by atomic mass is 35.5. The second kappa shape index (κ2) is 6.15. The van der Waals surface area contributed by atoms with Crippen molar-refractivity contribution in [3.63, 3.8) is 0 Å². The highest BCUT2D eigenvalue weighted by molar-refractivity contribution is 6.67. The Morgan fingerprint density at radius 2 is 2.30 bits per heavy atom. The van der Waals surface area contributed by atoms with Crippen LogP contribution in [0, 0.1) is 0 Å². The van der Waals surface area contributed by atoms with E-state index >= 15 is 0 Å². The molecular formula is C11H7Cl2F2N3O2. The van der Waals surface area contributed by atoms with Gasteiger partial charge >= 0.3 is 0 Å². The summed E-state index contributed by atoms with van der Waals surface area (Å²) in [6.07, 6.45) is -0.762. The summed E-state index contributed by atoms with van der Waals surface area (Å²) in [5.74, 6) is -0.190. The van der Waals surface area contributed by atoms with E-state index in [0.717, 1.165) is 10.7 Å². The van der Waals surface area contributed by atoms with Crippen LogP contribution in [0.5, 0.6) is 5.88 Å². The zero-order valence-electron chi connectivity index (χ0n) is 9.76. The number of aromatic nitrogens is 3. The summed E-state index contributed by atoms with van der Waals surface area (Å²) in [6, 6.07) is 4.17. The number of nitrogens with zero attached hydrogens (tertiary/aromatic N) is 3. The lowest BCUT2D eigenvalue weighted by Crippen LogP contribution is -2.12. The Hall–Kier alpha value is -1.73. The minimum atomic E-state index is -2.18. The van der Waals surface area contributed by atoms with Gasteiger partial charge in [0.25, 0.3) is 11.6 Å². The van der Waals surface area contributed by atoms with Crippen molar-refractivity contribution in [2.45, 2.75) is 6.36 Å². The van der Waals surface area contributed by atoms with Crippen molar-refractivity contribution in [1.82, 2.24) is 14.8 Å². The summed E-state index contributed by atoms with van der Waals surface area (Å²) < 4.78 is 30.4. The maximum atomic E-state index is 12.8. The van der Waals surface area contributed by atoms with E-state index in [2.05, 4.69) is 14.8 Å². The molecule has 0 saturated heterocycles. The molecule has 0 aliphatic rings. The Morgan fingerprint density at radius 1 is 1.55 bits per heavy atom. The lowest BCUT2D eigenvalue weighted by molar-refractivity contribution is 0.0390. The zero-order chi connectivity index (χ0) is 14.7. The third-order valence-corrected chi connectivity index (χ3v) is 2.69. The normalized spacial score (nSPS) is 12.2. The molecule has 0 aliphatic heterocycles. The fourth-order valence-corrected chi connectivity index (χ4v) is 1.75. The Labute approximate surface area is 122 Å². The molecule has 0 saturated carbocycles. The van der Waals surface area contributed by atoms with Gasteiger partial charge < -0.3 is 4.74 Å². The Balaban J connectivity index is 2.46. The highest BCUT2D eigenvalue weighted by Crippen LogP contribution is 2.23. The molecule has 0 spiro atoms. The quantitative estimate of drug-likeness (QED) is 0.794. The minimum Gasteiger partial charge on any atom is -0.439 e. The molecule has 20 heavy (non-hydrogen) atoms. The molecule has 2 aromatic heterocycles. The first kappa shape index (κ1) is 14.7. The van der Waals surface area contributed by atoms with Gasteiger partial charge in [0, 0.05) is 12.3 Å². The second-order valence-electron chi connectivity index (χ2n) is 3.54. The van der Waals surface area contributed by atoms with E-state index in [1.54, 1.807) is 6.07 Å². The summed E-state index contributed by atoms with van der Waals surface area (Å²) >= 11 is 11.3. The van der Waals surface area contributed by atoms with Crippen LogP contribution in [0.2, 0.25) is 5.02 Å². The van der Waals surface area contributed by atoms with Gasteiger partial charge in [-0.2, -0.15) is 4.39 Å². The van der Waals surface area contributed by atoms with Crippen molar-refractivity contribution in [1.29, 1.82) is 0 Å². The molecule has 0 aliphatic carbocycles. The predicted octanol–water partition coefficient (Wildman–Crippen LogP) is 2.94. The summed E-state index contributed by atoms with van der Waals surface area (Å²) in [7, 11) is 0. The van der Waals surface area contributed by atoms with Crippen LogP contribution in [0.15, 0.2) is 24.4 Å². The molecule has 9 heteroatoms. The first-order chi connectivity index (χ1) is 9.52. The predicted molar refractivity (Wildman–Crippen MR) is 68.1 cm³/mol. The van der Waals surface area contributed by atoms with Crippen molar-refractivity contribution in [3.8, 4) is 11.7 Å². The first-order valence-corrected chi connectivity index (χ1v) is 6.06. The smallest absolute Gasteiger partial charge is 0.271 e. The highest BCUT2D eigenvalue weighted by Gasteiger charge is 2.20. The third-order valence-electron chi connectivity index (χ3n) is 2.20. The van der Waals surface area contributed by atoms with E-state index < -0.39 is 18.3 Å². The van der Waals surface area contributed by atoms with E-state index in [1.165, 1.54) is 12.3 Å². The average molecular weight is 322 g/mol. The Kier molecular flexibility index (Phi) is 4.51. The molecule has 0 fully saturated rings. The fraction of sp³-hybridized carbons (Fsp3) is 0.182. The van der Waals surface area contributed by atoms with E-state index in [-0.39, 0.29) is 22.4 Å². The maximum Gasteiger partial charge on any atom is 0.271 e. The van der Waals surface area contributed by atoms with Gasteiger partial charge in [-0.1, -0.05) is 11.6 Å². The summed E-state index contributed by atoms with van der Waals surface area (Å²) in [5, 5.41) is 3.11. The summed E-state index contributed by atoms with van der Waals surface area (Å²) in [5.41, 5.74) is -0.131. The summed E-state index contributed by atoms with van der Waals surface area (Å²) in [6.45, 7) is -1.35. The minimum absolute atomic E-state index is 0.115. The number of pyridine rings is 1. The van der Waals surface area contributed by atoms with Crippen molar-refractivity contribution in [2.24, 2.45) is 0 Å². The monoisotopic (exact) mass is 321 g/mol. The van der Waals surface area contributed by atoms with Crippen LogP contribution in [0.1, 0.15) is 10.5 Å². The van der Waals surface area contributed by atoms with Crippen LogP contribution in [0.25, 0.3) is 5.82 Å². The van der Waals surface area contributed by atoms with E-state index in [1.807, 2.05) is 0 Å². The third kappa shape index (κ3) is 3.05. The molecule has 2 rings (SSSR count). The molecule has 2 heterocycles. The molecule has 0 radical (unpaired) electrons. The van der Waals surface area contributed by atoms with Gasteiger partial charge in [0.05, 0.1) is 5.02 Å². The number of halogens is 4. The molecular weight excluding hydrogens is 315 g/mol. The van der Waals surface area contributed by atoms with Crippen LogP contribution >= 0.6 is 23.2 Å². The van der Waals surface area contributed by atoms with Crippen LogP contribution < -0.4 is 4.74 Å². The molecule has 1 unspecified atom stereocenters. The number of carbonyl (C=O) groups excluding carboxylic acids is 1. The molecule has 0 N–H and O–H groups in total. The Morgan fingerprint density at radius 3 is 2.90 bits per heavy atom. The second-order valence-corrected chi connectivity index (χ2v) is 4.29. The molecule has 0 aromatic carbocycles. The first-order valence-electron chi connectivity index (χ1n) is 5.30. The van der Waals surface area contributed by atoms with Gasteiger partial charge in [-0.25, -0.2) is 14.1 Å². The van der Waals surface area contributed by atoms with E-state index in [4.69, 9.17) is 23.2 Å². The zero-order valence-corrected chi connectivity index (χ0v) is 11.3. The number of hydrogen-bond donors (Lipinski definition) is 0. The largest absolute Gasteiger partial charge is 0.439 e. The molecule has 106 valence electrons. The van der Waals surface area contributed by atoms with Crippen molar-refractivity contribution in [2.75, 3.05) is 6.67 Å². The van der Waals surface area contributed by atoms with Gasteiger partial charge in [0.2, 0.25) is 5.88 Å². The van der Waals surface area contributed by atoms with Crippen LogP contribution in [0.3, 0.4) is 0 Å². The molecule has 1 atom stereocenters. The number of hydrogen-bond acceptors (Lipinski definition) is 4. The van der Waals surface area contributed by atoms with Gasteiger partial charge in [-0.05, 0) is 23.7 Å². The van der Waals surface area contributed by atoms with E-state index in [9.17, 15) is 13.6 Å². The van der Waals surface area contributed by atoms with Gasteiger partial charge in [0.1, 0.15) is 5.69 Å². The maximum absolute atomic E-state index is 12.8. The fourth-order valence-electron chi connectivity index (χ4n) is 1.41. The van der Waals surface area contributed by atoms with Crippen molar-refractivity contribution >= 4 is 28.4 Å². The molecule has 5 nitrogen and oxygen atoms in total. The number of ether oxygens (including phenoxy) is 1. The van der Waals surface area contributed by atoms with Crippen molar-refractivity contribution < 1.29 is 18.3 Å². The van der Waals surface area contributed by atoms with Crippen LogP contribution in [-0.2, 0) is 0 Å². The number of rotatable bonds is 5. The van der Waals surface area contributed by atoms with Gasteiger partial charge in [-0.3, -0.25) is 4.79 Å². The van der Waals surface area contributed by atoms with Crippen LogP contribution in [0.4, 0.5) is 8.78 Å². The SMILES string of the molecule is O=C(Cl)c1cc(OC(F)CF)nn1-c1ncccc1Cl. The lowest BCUT2D eigenvalue weighted by atomic mass is 10.4. The molecule has 0 bridgehead atoms. The van der Waals surface area contributed by atoms with E-state index in [0.29, 0.717) is 0 Å². The molecule has 2 aromatic rings. The topological polar surface area (TPSA) is 57.0 Å². The number of alkyl halides is 2.